The van der Waals surface area contributed by atoms with E-state index < -0.39 is 11.2 Å². The molecule has 0 atom stereocenters. The molecule has 2 aromatic heterocycles. The van der Waals surface area contributed by atoms with Gasteiger partial charge < -0.3 is 13.8 Å². The van der Waals surface area contributed by atoms with E-state index in [0.717, 1.165) is 0 Å². The van der Waals surface area contributed by atoms with Gasteiger partial charge in [0.05, 0.1) is 5.02 Å². The molecular weight excluding hydrogens is 396 g/mol. The van der Waals surface area contributed by atoms with Crippen LogP contribution >= 0.6 is 11.6 Å². The van der Waals surface area contributed by atoms with Crippen molar-refractivity contribution in [2.45, 2.75) is 6.92 Å². The van der Waals surface area contributed by atoms with Gasteiger partial charge in [-0.25, -0.2) is 4.79 Å². The summed E-state index contributed by atoms with van der Waals surface area (Å²) in [4.78, 5) is 30.4. The first-order chi connectivity index (χ1) is 13.9. The number of aromatic nitrogens is 4. The van der Waals surface area contributed by atoms with E-state index in [4.69, 9.17) is 20.9 Å². The predicted molar refractivity (Wildman–Crippen MR) is 107 cm³/mol. The van der Waals surface area contributed by atoms with Crippen molar-refractivity contribution in [1.29, 1.82) is 0 Å². The van der Waals surface area contributed by atoms with Crippen LogP contribution in [0.3, 0.4) is 0 Å². The van der Waals surface area contributed by atoms with Crippen LogP contribution in [0, 0.1) is 6.92 Å². The lowest BCUT2D eigenvalue weighted by atomic mass is 10.2. The Bertz CT molecular complexity index is 1310. The molecule has 0 unspecified atom stereocenters. The van der Waals surface area contributed by atoms with E-state index in [9.17, 15) is 9.59 Å². The van der Waals surface area contributed by atoms with Crippen molar-refractivity contribution in [1.82, 2.24) is 19.7 Å². The maximum absolute atomic E-state index is 12.2. The fraction of sp³-hybridized carbons (Fsp3) is 0.100. The van der Waals surface area contributed by atoms with Crippen LogP contribution in [0.5, 0.6) is 11.5 Å². The van der Waals surface area contributed by atoms with E-state index in [2.05, 4.69) is 15.1 Å². The fourth-order valence-electron chi connectivity index (χ4n) is 2.75. The largest absolute Gasteiger partial charge is 0.456 e. The molecule has 2 aromatic carbocycles. The van der Waals surface area contributed by atoms with Gasteiger partial charge in [0.1, 0.15) is 17.1 Å². The first-order valence-electron chi connectivity index (χ1n) is 8.61. The highest BCUT2D eigenvalue weighted by molar-refractivity contribution is 6.32. The molecule has 0 bridgehead atoms. The quantitative estimate of drug-likeness (QED) is 0.552. The van der Waals surface area contributed by atoms with Crippen molar-refractivity contribution in [2.24, 2.45) is 7.05 Å². The van der Waals surface area contributed by atoms with Gasteiger partial charge in [0.2, 0.25) is 5.82 Å². The summed E-state index contributed by atoms with van der Waals surface area (Å²) in [7, 11) is 1.55. The Morgan fingerprint density at radius 1 is 1.10 bits per heavy atom. The highest BCUT2D eigenvalue weighted by Gasteiger charge is 2.18. The summed E-state index contributed by atoms with van der Waals surface area (Å²) in [5.41, 5.74) is 0.194. The number of para-hydroxylation sites is 1. The third kappa shape index (κ3) is 3.57. The summed E-state index contributed by atoms with van der Waals surface area (Å²) < 4.78 is 12.4. The maximum Gasteiger partial charge on any atom is 0.328 e. The fourth-order valence-corrected chi connectivity index (χ4v) is 2.93. The van der Waals surface area contributed by atoms with Gasteiger partial charge in [-0.3, -0.25) is 9.78 Å². The van der Waals surface area contributed by atoms with Crippen LogP contribution in [-0.2, 0) is 7.05 Å². The van der Waals surface area contributed by atoms with E-state index >= 15 is 0 Å². The molecule has 0 saturated carbocycles. The minimum absolute atomic E-state index is 0.103. The Balaban J connectivity index is 1.63. The Hall–Kier alpha value is -3.65. The van der Waals surface area contributed by atoms with Crippen LogP contribution in [0.2, 0.25) is 5.02 Å². The first-order valence-corrected chi connectivity index (χ1v) is 8.98. The lowest BCUT2D eigenvalue weighted by Gasteiger charge is -2.07. The highest BCUT2D eigenvalue weighted by atomic mass is 35.5. The number of aromatic amines is 1. The van der Waals surface area contributed by atoms with E-state index in [1.54, 1.807) is 50.4 Å². The molecule has 0 aliphatic rings. The Morgan fingerprint density at radius 3 is 2.55 bits per heavy atom. The average molecular weight is 411 g/mol. The van der Waals surface area contributed by atoms with Gasteiger partial charge in [0.25, 0.3) is 11.4 Å². The maximum atomic E-state index is 12.2. The van der Waals surface area contributed by atoms with Crippen molar-refractivity contribution in [3.63, 3.8) is 0 Å². The average Bonchev–Trinajstić information content (AvgIpc) is 3.18. The second kappa shape index (κ2) is 7.40. The number of nitrogens with one attached hydrogen (secondary N) is 1. The van der Waals surface area contributed by atoms with E-state index in [-0.39, 0.29) is 17.3 Å². The summed E-state index contributed by atoms with van der Waals surface area (Å²) in [6.07, 6.45) is 0. The van der Waals surface area contributed by atoms with Gasteiger partial charge in [0.15, 0.2) is 0 Å². The van der Waals surface area contributed by atoms with E-state index in [1.807, 2.05) is 12.1 Å². The molecule has 0 fully saturated rings. The molecule has 8 nitrogen and oxygen atoms in total. The molecular formula is C20H15ClN4O4. The second-order valence-corrected chi connectivity index (χ2v) is 6.67. The number of halogens is 1. The van der Waals surface area contributed by atoms with Crippen molar-refractivity contribution in [3.05, 3.63) is 80.1 Å². The number of rotatable bonds is 4. The molecule has 0 aliphatic heterocycles. The summed E-state index contributed by atoms with van der Waals surface area (Å²) >= 11 is 6.10. The number of nitrogens with zero attached hydrogens (tertiary/aromatic N) is 3. The molecule has 4 rings (SSSR count). The van der Waals surface area contributed by atoms with Gasteiger partial charge in [-0.2, -0.15) is 4.98 Å². The van der Waals surface area contributed by atoms with Crippen molar-refractivity contribution < 1.29 is 9.26 Å². The topological polar surface area (TPSA) is 103 Å². The zero-order chi connectivity index (χ0) is 20.5. The Labute approximate surface area is 169 Å². The molecule has 1 N–H and O–H groups in total. The van der Waals surface area contributed by atoms with E-state index in [1.165, 1.54) is 4.57 Å². The van der Waals surface area contributed by atoms with Crippen molar-refractivity contribution in [2.75, 3.05) is 0 Å². The van der Waals surface area contributed by atoms with Gasteiger partial charge in [0, 0.05) is 18.3 Å². The van der Waals surface area contributed by atoms with Crippen molar-refractivity contribution in [3.8, 4) is 34.3 Å². The number of hydrogen-bond donors (Lipinski definition) is 1. The zero-order valence-corrected chi connectivity index (χ0v) is 16.2. The third-order valence-corrected chi connectivity index (χ3v) is 4.74. The lowest BCUT2D eigenvalue weighted by Crippen LogP contribution is -2.31. The molecule has 2 heterocycles. The summed E-state index contributed by atoms with van der Waals surface area (Å²) in [5, 5.41) is 4.40. The summed E-state index contributed by atoms with van der Waals surface area (Å²) in [5.74, 6) is 1.47. The molecule has 0 amide bonds. The highest BCUT2D eigenvalue weighted by Crippen LogP contribution is 2.30. The van der Waals surface area contributed by atoms with Gasteiger partial charge in [-0.15, -0.1) is 0 Å². The Kier molecular flexibility index (Phi) is 4.77. The first kappa shape index (κ1) is 18.7. The lowest BCUT2D eigenvalue weighted by molar-refractivity contribution is 0.432. The minimum atomic E-state index is -0.568. The molecule has 4 aromatic rings. The predicted octanol–water partition coefficient (Wildman–Crippen LogP) is 3.54. The number of ether oxygens (including phenoxy) is 1. The van der Waals surface area contributed by atoms with E-state index in [0.29, 0.717) is 27.8 Å². The number of H-pyrrole nitrogens is 1. The molecule has 0 radical (unpaired) electrons. The summed E-state index contributed by atoms with van der Waals surface area (Å²) in [6, 6.07) is 14.2. The minimum Gasteiger partial charge on any atom is -0.456 e. The summed E-state index contributed by atoms with van der Waals surface area (Å²) in [6.45, 7) is 1.64. The monoisotopic (exact) mass is 410 g/mol. The van der Waals surface area contributed by atoms with Crippen LogP contribution < -0.4 is 16.0 Å². The number of hydrogen-bond acceptors (Lipinski definition) is 6. The Morgan fingerprint density at radius 2 is 1.83 bits per heavy atom. The van der Waals surface area contributed by atoms with Gasteiger partial charge in [-0.1, -0.05) is 28.9 Å². The van der Waals surface area contributed by atoms with Crippen LogP contribution in [0.15, 0.2) is 62.6 Å². The molecule has 0 aliphatic carbocycles. The van der Waals surface area contributed by atoms with Crippen LogP contribution in [-0.4, -0.2) is 19.7 Å². The molecule has 29 heavy (non-hydrogen) atoms. The van der Waals surface area contributed by atoms with Gasteiger partial charge in [-0.05, 0) is 43.3 Å². The van der Waals surface area contributed by atoms with Crippen LogP contribution in [0.4, 0.5) is 0 Å². The van der Waals surface area contributed by atoms with Crippen molar-refractivity contribution >= 4 is 11.6 Å². The standard InChI is InChI=1S/C20H15ClN4O4/c1-11-16(18(26)23-20(27)25(11)2)17-22-19(29-24-17)12-7-9-13(10-8-12)28-15-6-4-3-5-14(15)21/h3-10H,1-2H3,(H,23,26,27). The van der Waals surface area contributed by atoms with Crippen LogP contribution in [0.25, 0.3) is 22.8 Å². The normalized spacial score (nSPS) is 10.9. The van der Waals surface area contributed by atoms with Crippen LogP contribution in [0.1, 0.15) is 5.69 Å². The molecule has 0 spiro atoms. The van der Waals surface area contributed by atoms with Gasteiger partial charge >= 0.3 is 5.69 Å². The molecule has 146 valence electrons. The zero-order valence-electron chi connectivity index (χ0n) is 15.5. The smallest absolute Gasteiger partial charge is 0.328 e. The molecule has 0 saturated heterocycles. The number of benzene rings is 2. The SMILES string of the molecule is Cc1c(-c2noc(-c3ccc(Oc4ccccc4Cl)cc3)n2)c(=O)[nH]c(=O)n1C. The second-order valence-electron chi connectivity index (χ2n) is 6.26. The third-order valence-electron chi connectivity index (χ3n) is 4.43. The molecule has 9 heteroatoms.